The highest BCUT2D eigenvalue weighted by Gasteiger charge is 2.16. The maximum Gasteiger partial charge on any atom is 0.354 e. The fraction of sp³-hybridized carbons (Fsp3) is 0. The molecular weight excluding hydrogens is 406 g/mol. The second kappa shape index (κ2) is 7.84. The summed E-state index contributed by atoms with van der Waals surface area (Å²) in [6.45, 7) is 0. The molecule has 0 spiro atoms. The summed E-state index contributed by atoms with van der Waals surface area (Å²) in [5.41, 5.74) is 6.26. The molecule has 0 aliphatic rings. The lowest BCUT2D eigenvalue weighted by atomic mass is 10.2. The van der Waals surface area contributed by atoms with E-state index in [-0.39, 0.29) is 22.7 Å². The SMILES string of the molecule is Nc1c2nc(-c3cccc(Oc4ccccc4)c3)[nH]c(=O)c2nc(=O)n1-c1ccccc1. The first kappa shape index (κ1) is 19.3. The van der Waals surface area contributed by atoms with Gasteiger partial charge in [0.05, 0.1) is 5.69 Å². The van der Waals surface area contributed by atoms with E-state index in [9.17, 15) is 9.59 Å². The van der Waals surface area contributed by atoms with Crippen LogP contribution in [0.4, 0.5) is 5.82 Å². The van der Waals surface area contributed by atoms with Gasteiger partial charge in [-0.3, -0.25) is 4.79 Å². The van der Waals surface area contributed by atoms with Crippen LogP contribution in [0.3, 0.4) is 0 Å². The van der Waals surface area contributed by atoms with Crippen molar-refractivity contribution in [1.82, 2.24) is 19.5 Å². The highest BCUT2D eigenvalue weighted by molar-refractivity contribution is 5.85. The summed E-state index contributed by atoms with van der Waals surface area (Å²) in [6.07, 6.45) is 0. The molecule has 3 aromatic carbocycles. The van der Waals surface area contributed by atoms with E-state index in [2.05, 4.69) is 15.0 Å². The van der Waals surface area contributed by atoms with Crippen molar-refractivity contribution in [3.05, 3.63) is 106 Å². The number of aromatic amines is 1. The maximum atomic E-state index is 12.7. The number of nitrogens with two attached hydrogens (primary N) is 1. The zero-order valence-corrected chi connectivity index (χ0v) is 16.7. The van der Waals surface area contributed by atoms with Crippen molar-refractivity contribution in [3.63, 3.8) is 0 Å². The average molecular weight is 423 g/mol. The van der Waals surface area contributed by atoms with Gasteiger partial charge in [-0.05, 0) is 36.4 Å². The Morgan fingerprint density at radius 3 is 2.22 bits per heavy atom. The number of nitrogens with zero attached hydrogens (tertiary/aromatic N) is 3. The molecular formula is C24H17N5O3. The molecule has 3 N–H and O–H groups in total. The second-order valence-corrected chi connectivity index (χ2v) is 7.01. The molecule has 0 bridgehead atoms. The quantitative estimate of drug-likeness (QED) is 0.457. The van der Waals surface area contributed by atoms with Crippen LogP contribution < -0.4 is 21.7 Å². The van der Waals surface area contributed by atoms with Crippen molar-refractivity contribution < 1.29 is 4.74 Å². The number of nitrogens with one attached hydrogen (secondary N) is 1. The number of fused-ring (bicyclic) bond motifs is 1. The van der Waals surface area contributed by atoms with Gasteiger partial charge in [0.15, 0.2) is 5.52 Å². The molecule has 0 saturated heterocycles. The van der Waals surface area contributed by atoms with Gasteiger partial charge in [0.1, 0.15) is 28.7 Å². The molecule has 156 valence electrons. The Morgan fingerprint density at radius 1 is 0.781 bits per heavy atom. The minimum Gasteiger partial charge on any atom is -0.457 e. The van der Waals surface area contributed by atoms with Gasteiger partial charge in [0.2, 0.25) is 0 Å². The van der Waals surface area contributed by atoms with Gasteiger partial charge in [-0.25, -0.2) is 14.3 Å². The highest BCUT2D eigenvalue weighted by Crippen LogP contribution is 2.26. The third-order valence-corrected chi connectivity index (χ3v) is 4.88. The largest absolute Gasteiger partial charge is 0.457 e. The van der Waals surface area contributed by atoms with Crippen molar-refractivity contribution in [2.45, 2.75) is 0 Å². The molecule has 0 aliphatic carbocycles. The molecule has 0 amide bonds. The predicted octanol–water partition coefficient (Wildman–Crippen LogP) is 3.51. The first-order valence-electron chi connectivity index (χ1n) is 9.81. The fourth-order valence-corrected chi connectivity index (χ4v) is 3.40. The monoisotopic (exact) mass is 423 g/mol. The van der Waals surface area contributed by atoms with Crippen LogP contribution in [0.1, 0.15) is 0 Å². The van der Waals surface area contributed by atoms with Gasteiger partial charge < -0.3 is 15.5 Å². The summed E-state index contributed by atoms with van der Waals surface area (Å²) in [6, 6.07) is 25.3. The van der Waals surface area contributed by atoms with E-state index in [1.807, 2.05) is 36.4 Å². The number of rotatable bonds is 4. The van der Waals surface area contributed by atoms with Gasteiger partial charge >= 0.3 is 5.69 Å². The number of hydrogen-bond acceptors (Lipinski definition) is 6. The number of nitrogen functional groups attached to an aromatic ring is 1. The number of H-pyrrole nitrogens is 1. The topological polar surface area (TPSA) is 116 Å². The maximum absolute atomic E-state index is 12.7. The molecule has 8 nitrogen and oxygen atoms in total. The Kier molecular flexibility index (Phi) is 4.72. The Hall–Kier alpha value is -4.72. The molecule has 8 heteroatoms. The third-order valence-electron chi connectivity index (χ3n) is 4.88. The normalized spacial score (nSPS) is 10.9. The van der Waals surface area contributed by atoms with E-state index in [1.165, 1.54) is 4.57 Å². The van der Waals surface area contributed by atoms with Crippen molar-refractivity contribution in [3.8, 4) is 28.6 Å². The standard InChI is InChI=1S/C24H17N5O3/c25-21-19-20(27-24(31)29(21)16-9-3-1-4-10-16)23(30)28-22(26-19)15-8-7-13-18(14-15)32-17-11-5-2-6-12-17/h1-14H,25H2,(H,26,28,30). The van der Waals surface area contributed by atoms with E-state index >= 15 is 0 Å². The first-order chi connectivity index (χ1) is 15.6. The van der Waals surface area contributed by atoms with Crippen LogP contribution in [0.2, 0.25) is 0 Å². The lowest BCUT2D eigenvalue weighted by molar-refractivity contribution is 0.483. The van der Waals surface area contributed by atoms with Crippen molar-refractivity contribution in [2.24, 2.45) is 0 Å². The van der Waals surface area contributed by atoms with Crippen molar-refractivity contribution in [2.75, 3.05) is 5.73 Å². The van der Waals surface area contributed by atoms with E-state index in [0.29, 0.717) is 22.7 Å². The zero-order chi connectivity index (χ0) is 22.1. The van der Waals surface area contributed by atoms with Crippen LogP contribution in [-0.2, 0) is 0 Å². The molecule has 0 saturated carbocycles. The predicted molar refractivity (Wildman–Crippen MR) is 122 cm³/mol. The fourth-order valence-electron chi connectivity index (χ4n) is 3.40. The van der Waals surface area contributed by atoms with E-state index in [1.54, 1.807) is 48.5 Å². The van der Waals surface area contributed by atoms with Crippen molar-refractivity contribution in [1.29, 1.82) is 0 Å². The molecule has 5 rings (SSSR count). The summed E-state index contributed by atoms with van der Waals surface area (Å²) in [7, 11) is 0. The van der Waals surface area contributed by atoms with Gasteiger partial charge in [-0.15, -0.1) is 0 Å². The van der Waals surface area contributed by atoms with E-state index in [4.69, 9.17) is 10.5 Å². The first-order valence-corrected chi connectivity index (χ1v) is 9.81. The molecule has 0 aliphatic heterocycles. The van der Waals surface area contributed by atoms with Gasteiger partial charge in [-0.1, -0.05) is 48.5 Å². The van der Waals surface area contributed by atoms with Gasteiger partial charge in [-0.2, -0.15) is 4.98 Å². The van der Waals surface area contributed by atoms with Gasteiger partial charge in [0.25, 0.3) is 5.56 Å². The molecule has 2 heterocycles. The second-order valence-electron chi connectivity index (χ2n) is 7.01. The summed E-state index contributed by atoms with van der Waals surface area (Å²) in [4.78, 5) is 36.4. The Bertz CT molecular complexity index is 1540. The number of aromatic nitrogens is 4. The zero-order valence-electron chi connectivity index (χ0n) is 16.7. The lowest BCUT2D eigenvalue weighted by Gasteiger charge is -2.11. The Balaban J connectivity index is 1.64. The van der Waals surface area contributed by atoms with Crippen LogP contribution in [0.5, 0.6) is 11.5 Å². The summed E-state index contributed by atoms with van der Waals surface area (Å²) in [5, 5.41) is 0. The summed E-state index contributed by atoms with van der Waals surface area (Å²) in [5.74, 6) is 1.59. The van der Waals surface area contributed by atoms with Crippen LogP contribution in [0.25, 0.3) is 28.1 Å². The van der Waals surface area contributed by atoms with Crippen molar-refractivity contribution >= 4 is 16.9 Å². The van der Waals surface area contributed by atoms with Crippen LogP contribution >= 0.6 is 0 Å². The molecule has 0 atom stereocenters. The number of hydrogen-bond donors (Lipinski definition) is 2. The molecule has 0 unspecified atom stereocenters. The third kappa shape index (κ3) is 3.50. The summed E-state index contributed by atoms with van der Waals surface area (Å²) >= 11 is 0. The number of para-hydroxylation sites is 2. The van der Waals surface area contributed by atoms with E-state index < -0.39 is 11.2 Å². The van der Waals surface area contributed by atoms with E-state index in [0.717, 1.165) is 0 Å². The average Bonchev–Trinajstić information content (AvgIpc) is 2.81. The lowest BCUT2D eigenvalue weighted by Crippen LogP contribution is -2.27. The Labute approximate surface area is 181 Å². The summed E-state index contributed by atoms with van der Waals surface area (Å²) < 4.78 is 7.10. The number of anilines is 1. The number of ether oxygens (including phenoxy) is 1. The minimum atomic E-state index is -0.653. The van der Waals surface area contributed by atoms with Crippen LogP contribution in [0.15, 0.2) is 94.5 Å². The molecule has 32 heavy (non-hydrogen) atoms. The van der Waals surface area contributed by atoms with Crippen LogP contribution in [-0.4, -0.2) is 19.5 Å². The molecule has 0 radical (unpaired) electrons. The molecule has 0 fully saturated rings. The highest BCUT2D eigenvalue weighted by atomic mass is 16.5. The smallest absolute Gasteiger partial charge is 0.354 e. The van der Waals surface area contributed by atoms with Crippen LogP contribution in [0, 0.1) is 0 Å². The minimum absolute atomic E-state index is 0.0373. The van der Waals surface area contributed by atoms with Gasteiger partial charge in [0, 0.05) is 5.56 Å². The molecule has 2 aromatic heterocycles. The number of benzene rings is 3. The molecule has 5 aromatic rings. The Morgan fingerprint density at radius 2 is 1.47 bits per heavy atom.